The summed E-state index contributed by atoms with van der Waals surface area (Å²) in [5.74, 6) is 0.118. The molecule has 0 spiro atoms. The summed E-state index contributed by atoms with van der Waals surface area (Å²) < 4.78 is 0. The van der Waals surface area contributed by atoms with Crippen molar-refractivity contribution in [2.45, 2.75) is 64.0 Å². The molecule has 1 heterocycles. The molecule has 0 aliphatic carbocycles. The van der Waals surface area contributed by atoms with Gasteiger partial charge in [0.1, 0.15) is 0 Å². The Morgan fingerprint density at radius 1 is 1.47 bits per heavy atom. The second-order valence-electron chi connectivity index (χ2n) is 5.03. The summed E-state index contributed by atoms with van der Waals surface area (Å²) in [6, 6.07) is -0.0195. The van der Waals surface area contributed by atoms with E-state index in [2.05, 4.69) is 6.92 Å². The van der Waals surface area contributed by atoms with Gasteiger partial charge in [0.25, 0.3) is 0 Å². The number of carbonyl (C=O) groups is 1. The maximum Gasteiger partial charge on any atom is 0.224 e. The molecule has 17 heavy (non-hydrogen) atoms. The Bertz CT molecular complexity index is 233. The summed E-state index contributed by atoms with van der Waals surface area (Å²) in [6.45, 7) is 2.93. The van der Waals surface area contributed by atoms with Gasteiger partial charge in [0.2, 0.25) is 5.91 Å². The highest BCUT2D eigenvalue weighted by atomic mass is 16.3. The molecule has 2 unspecified atom stereocenters. The lowest BCUT2D eigenvalue weighted by Crippen LogP contribution is -2.44. The second-order valence-corrected chi connectivity index (χ2v) is 5.03. The first kappa shape index (κ1) is 14.5. The fourth-order valence-electron chi connectivity index (χ4n) is 2.51. The molecule has 4 nitrogen and oxygen atoms in total. The number of carbonyl (C=O) groups excluding carboxylic acids is 1. The van der Waals surface area contributed by atoms with E-state index >= 15 is 0 Å². The molecule has 1 fully saturated rings. The van der Waals surface area contributed by atoms with Crippen molar-refractivity contribution in [3.05, 3.63) is 0 Å². The molecule has 3 N–H and O–H groups in total. The average Bonchev–Trinajstić information content (AvgIpc) is 2.53. The molecule has 1 amide bonds. The van der Waals surface area contributed by atoms with Gasteiger partial charge in [0.15, 0.2) is 0 Å². The van der Waals surface area contributed by atoms with Crippen LogP contribution in [0.1, 0.15) is 51.9 Å². The summed E-state index contributed by atoms with van der Waals surface area (Å²) in [5.41, 5.74) is 5.91. The van der Waals surface area contributed by atoms with Gasteiger partial charge < -0.3 is 15.7 Å². The highest BCUT2D eigenvalue weighted by molar-refractivity contribution is 5.77. The van der Waals surface area contributed by atoms with Crippen molar-refractivity contribution in [1.29, 1.82) is 0 Å². The van der Waals surface area contributed by atoms with E-state index in [0.717, 1.165) is 45.1 Å². The van der Waals surface area contributed by atoms with Gasteiger partial charge in [-0.1, -0.05) is 26.2 Å². The van der Waals surface area contributed by atoms with Gasteiger partial charge in [0, 0.05) is 19.0 Å². The molecule has 4 heteroatoms. The highest BCUT2D eigenvalue weighted by Gasteiger charge is 2.25. The van der Waals surface area contributed by atoms with Gasteiger partial charge in [-0.25, -0.2) is 0 Å². The van der Waals surface area contributed by atoms with Gasteiger partial charge in [0.05, 0.1) is 12.6 Å². The molecule has 0 radical (unpaired) electrons. The van der Waals surface area contributed by atoms with Gasteiger partial charge in [-0.05, 0) is 19.3 Å². The molecular weight excluding hydrogens is 216 g/mol. The molecule has 0 aromatic carbocycles. The van der Waals surface area contributed by atoms with E-state index in [1.807, 2.05) is 4.90 Å². The number of amides is 1. The minimum absolute atomic E-state index is 0.0128. The third-order valence-corrected chi connectivity index (χ3v) is 3.50. The van der Waals surface area contributed by atoms with Gasteiger partial charge in [-0.15, -0.1) is 0 Å². The van der Waals surface area contributed by atoms with Crippen molar-refractivity contribution in [3.8, 4) is 0 Å². The summed E-state index contributed by atoms with van der Waals surface area (Å²) in [4.78, 5) is 14.0. The molecule has 0 aromatic heterocycles. The smallest absolute Gasteiger partial charge is 0.224 e. The van der Waals surface area contributed by atoms with Crippen molar-refractivity contribution in [1.82, 2.24) is 4.90 Å². The lowest BCUT2D eigenvalue weighted by atomic mass is 10.1. The van der Waals surface area contributed by atoms with Crippen molar-refractivity contribution in [2.75, 3.05) is 13.2 Å². The van der Waals surface area contributed by atoms with Crippen LogP contribution < -0.4 is 5.73 Å². The van der Waals surface area contributed by atoms with Crippen LogP contribution >= 0.6 is 0 Å². The fourth-order valence-corrected chi connectivity index (χ4v) is 2.51. The molecule has 1 aliphatic rings. The topological polar surface area (TPSA) is 66.6 Å². The number of hydrogen-bond donors (Lipinski definition) is 2. The number of likely N-dealkylation sites (tertiary alicyclic amines) is 1. The molecule has 0 aromatic rings. The van der Waals surface area contributed by atoms with Gasteiger partial charge in [-0.2, -0.15) is 0 Å². The lowest BCUT2D eigenvalue weighted by Gasteiger charge is -2.29. The zero-order valence-corrected chi connectivity index (χ0v) is 10.9. The standard InChI is InChI=1S/C13H26N2O2/c1-2-6-11(14)9-13(17)15-8-5-3-4-7-12(15)10-16/h11-12,16H,2-10,14H2,1H3. The molecule has 100 valence electrons. The first-order valence-electron chi connectivity index (χ1n) is 6.85. The molecular formula is C13H26N2O2. The van der Waals surface area contributed by atoms with Crippen LogP contribution in [0, 0.1) is 0 Å². The molecule has 1 saturated heterocycles. The van der Waals surface area contributed by atoms with Crippen molar-refractivity contribution < 1.29 is 9.90 Å². The first-order valence-corrected chi connectivity index (χ1v) is 6.85. The zero-order valence-electron chi connectivity index (χ0n) is 10.9. The third kappa shape index (κ3) is 4.64. The van der Waals surface area contributed by atoms with E-state index in [1.54, 1.807) is 0 Å². The van der Waals surface area contributed by atoms with Crippen molar-refractivity contribution >= 4 is 5.91 Å². The summed E-state index contributed by atoms with van der Waals surface area (Å²) >= 11 is 0. The lowest BCUT2D eigenvalue weighted by molar-refractivity contribution is -0.134. The Morgan fingerprint density at radius 2 is 2.24 bits per heavy atom. The van der Waals surface area contributed by atoms with Crippen LogP contribution in [0.15, 0.2) is 0 Å². The van der Waals surface area contributed by atoms with Gasteiger partial charge in [-0.3, -0.25) is 4.79 Å². The average molecular weight is 242 g/mol. The second kappa shape index (κ2) is 7.67. The van der Waals surface area contributed by atoms with E-state index in [4.69, 9.17) is 5.73 Å². The number of nitrogens with zero attached hydrogens (tertiary/aromatic N) is 1. The minimum Gasteiger partial charge on any atom is -0.394 e. The summed E-state index contributed by atoms with van der Waals surface area (Å²) in [6.07, 6.45) is 6.55. The summed E-state index contributed by atoms with van der Waals surface area (Å²) in [7, 11) is 0. The fraction of sp³-hybridized carbons (Fsp3) is 0.923. The van der Waals surface area contributed by atoms with E-state index in [-0.39, 0.29) is 24.6 Å². The SMILES string of the molecule is CCCC(N)CC(=O)N1CCCCCC1CO. The van der Waals surface area contributed by atoms with Crippen LogP contribution in [0.5, 0.6) is 0 Å². The minimum atomic E-state index is -0.0323. The Labute approximate surface area is 104 Å². The van der Waals surface area contributed by atoms with Crippen LogP contribution in [0.4, 0.5) is 0 Å². The van der Waals surface area contributed by atoms with Crippen LogP contribution in [-0.4, -0.2) is 41.1 Å². The van der Waals surface area contributed by atoms with E-state index in [1.165, 1.54) is 0 Å². The predicted octanol–water partition coefficient (Wildman–Crippen LogP) is 1.27. The van der Waals surface area contributed by atoms with E-state index < -0.39 is 0 Å². The maximum absolute atomic E-state index is 12.1. The van der Waals surface area contributed by atoms with Crippen molar-refractivity contribution in [3.63, 3.8) is 0 Å². The number of hydrogen-bond acceptors (Lipinski definition) is 3. The largest absolute Gasteiger partial charge is 0.394 e. The van der Waals surface area contributed by atoms with Crippen LogP contribution in [0.2, 0.25) is 0 Å². The molecule has 0 bridgehead atoms. The van der Waals surface area contributed by atoms with E-state index in [0.29, 0.717) is 6.42 Å². The monoisotopic (exact) mass is 242 g/mol. The molecule has 0 saturated carbocycles. The van der Waals surface area contributed by atoms with Crippen LogP contribution in [-0.2, 0) is 4.79 Å². The molecule has 1 rings (SSSR count). The van der Waals surface area contributed by atoms with Gasteiger partial charge >= 0.3 is 0 Å². The molecule has 2 atom stereocenters. The third-order valence-electron chi connectivity index (χ3n) is 3.50. The molecule has 1 aliphatic heterocycles. The Hall–Kier alpha value is -0.610. The number of aliphatic hydroxyl groups is 1. The summed E-state index contributed by atoms with van der Waals surface area (Å²) in [5, 5.41) is 9.35. The van der Waals surface area contributed by atoms with E-state index in [9.17, 15) is 9.90 Å². The Kier molecular flexibility index (Phi) is 6.52. The predicted molar refractivity (Wildman–Crippen MR) is 68.6 cm³/mol. The first-order chi connectivity index (χ1) is 8.19. The zero-order chi connectivity index (χ0) is 12.7. The van der Waals surface area contributed by atoms with Crippen molar-refractivity contribution in [2.24, 2.45) is 5.73 Å². The van der Waals surface area contributed by atoms with Crippen LogP contribution in [0.25, 0.3) is 0 Å². The highest BCUT2D eigenvalue weighted by Crippen LogP contribution is 2.18. The number of rotatable bonds is 5. The quantitative estimate of drug-likeness (QED) is 0.763. The maximum atomic E-state index is 12.1. The number of aliphatic hydroxyl groups excluding tert-OH is 1. The normalized spacial score (nSPS) is 23.2. The van der Waals surface area contributed by atoms with Crippen LogP contribution in [0.3, 0.4) is 0 Å². The Morgan fingerprint density at radius 3 is 2.88 bits per heavy atom. The Balaban J connectivity index is 2.51. The number of nitrogens with two attached hydrogens (primary N) is 1.